The lowest BCUT2D eigenvalue weighted by Crippen LogP contribution is -2.23. The average molecular weight is 234 g/mol. The van der Waals surface area contributed by atoms with Crippen molar-refractivity contribution in [2.45, 2.75) is 26.8 Å². The molecule has 17 heavy (non-hydrogen) atoms. The van der Waals surface area contributed by atoms with E-state index >= 15 is 0 Å². The first-order valence-electron chi connectivity index (χ1n) is 6.15. The second-order valence-corrected chi connectivity index (χ2v) is 5.69. The van der Waals surface area contributed by atoms with E-state index < -0.39 is 0 Å². The van der Waals surface area contributed by atoms with Gasteiger partial charge in [0.15, 0.2) is 0 Å². The van der Waals surface area contributed by atoms with Gasteiger partial charge in [0.1, 0.15) is 5.75 Å². The first-order valence-corrected chi connectivity index (χ1v) is 6.15. The summed E-state index contributed by atoms with van der Waals surface area (Å²) in [5.74, 6) is 0.882. The highest BCUT2D eigenvalue weighted by Gasteiger charge is 2.29. The fourth-order valence-electron chi connectivity index (χ4n) is 2.45. The number of benzene rings is 1. The molecule has 0 spiro atoms. The van der Waals surface area contributed by atoms with E-state index in [0.29, 0.717) is 5.41 Å². The third-order valence-electron chi connectivity index (χ3n) is 3.50. The summed E-state index contributed by atoms with van der Waals surface area (Å²) >= 11 is 0. The summed E-state index contributed by atoms with van der Waals surface area (Å²) in [6.45, 7) is 7.86. The van der Waals surface area contributed by atoms with Crippen molar-refractivity contribution in [2.75, 3.05) is 25.9 Å². The molecular formula is C14H22N2O. The Morgan fingerprint density at radius 1 is 1.41 bits per heavy atom. The second kappa shape index (κ2) is 4.57. The molecule has 3 heteroatoms. The van der Waals surface area contributed by atoms with Crippen LogP contribution >= 0.6 is 0 Å². The Balaban J connectivity index is 2.08. The Bertz CT molecular complexity index is 401. The van der Waals surface area contributed by atoms with Crippen molar-refractivity contribution < 1.29 is 4.74 Å². The molecule has 3 nitrogen and oxygen atoms in total. The quantitative estimate of drug-likeness (QED) is 0.817. The third-order valence-corrected chi connectivity index (χ3v) is 3.50. The van der Waals surface area contributed by atoms with E-state index in [1.54, 1.807) is 7.11 Å². The standard InChI is InChI=1S/C14H22N2O/c1-14(2)6-7-16(10-14)9-11-8-12(17-3)4-5-13(11)15/h4-5,8H,6-7,9-10,15H2,1-3H3. The SMILES string of the molecule is COc1ccc(N)c(CN2CCC(C)(C)C2)c1. The molecule has 0 atom stereocenters. The van der Waals surface area contributed by atoms with Crippen LogP contribution < -0.4 is 10.5 Å². The molecule has 0 unspecified atom stereocenters. The van der Waals surface area contributed by atoms with E-state index in [4.69, 9.17) is 10.5 Å². The molecule has 1 aliphatic rings. The van der Waals surface area contributed by atoms with Crippen LogP contribution in [0.1, 0.15) is 25.8 Å². The van der Waals surface area contributed by atoms with Crippen molar-refractivity contribution in [1.29, 1.82) is 0 Å². The molecule has 1 aliphatic heterocycles. The first kappa shape index (κ1) is 12.2. The number of rotatable bonds is 3. The molecule has 0 amide bonds. The number of anilines is 1. The largest absolute Gasteiger partial charge is 0.497 e. The minimum atomic E-state index is 0.438. The lowest BCUT2D eigenvalue weighted by molar-refractivity contribution is 0.284. The summed E-state index contributed by atoms with van der Waals surface area (Å²) < 4.78 is 5.24. The van der Waals surface area contributed by atoms with Crippen LogP contribution in [0.2, 0.25) is 0 Å². The van der Waals surface area contributed by atoms with Crippen molar-refractivity contribution in [2.24, 2.45) is 5.41 Å². The summed E-state index contributed by atoms with van der Waals surface area (Å²) in [7, 11) is 1.69. The van der Waals surface area contributed by atoms with Crippen molar-refractivity contribution >= 4 is 5.69 Å². The maximum Gasteiger partial charge on any atom is 0.119 e. The minimum absolute atomic E-state index is 0.438. The van der Waals surface area contributed by atoms with Gasteiger partial charge in [-0.2, -0.15) is 0 Å². The Morgan fingerprint density at radius 3 is 2.76 bits per heavy atom. The third kappa shape index (κ3) is 2.91. The monoisotopic (exact) mass is 234 g/mol. The Morgan fingerprint density at radius 2 is 2.18 bits per heavy atom. The number of methoxy groups -OCH3 is 1. The molecule has 0 aromatic heterocycles. The molecule has 1 aromatic rings. The number of hydrogen-bond acceptors (Lipinski definition) is 3. The van der Waals surface area contributed by atoms with Gasteiger partial charge in [-0.1, -0.05) is 13.8 Å². The summed E-state index contributed by atoms with van der Waals surface area (Å²) in [5, 5.41) is 0. The van der Waals surface area contributed by atoms with Crippen LogP contribution in [0.25, 0.3) is 0 Å². The number of hydrogen-bond donors (Lipinski definition) is 1. The maximum absolute atomic E-state index is 6.01. The summed E-state index contributed by atoms with van der Waals surface area (Å²) in [5.41, 5.74) is 8.47. The molecule has 1 fully saturated rings. The summed E-state index contributed by atoms with van der Waals surface area (Å²) in [6.07, 6.45) is 1.26. The molecule has 0 bridgehead atoms. The van der Waals surface area contributed by atoms with Crippen molar-refractivity contribution in [1.82, 2.24) is 4.90 Å². The van der Waals surface area contributed by atoms with Crippen LogP contribution in [0.4, 0.5) is 5.69 Å². The summed E-state index contributed by atoms with van der Waals surface area (Å²) in [4.78, 5) is 2.46. The lowest BCUT2D eigenvalue weighted by atomic mass is 9.93. The van der Waals surface area contributed by atoms with E-state index in [1.807, 2.05) is 18.2 Å². The van der Waals surface area contributed by atoms with Gasteiger partial charge in [0.25, 0.3) is 0 Å². The lowest BCUT2D eigenvalue weighted by Gasteiger charge is -2.20. The van der Waals surface area contributed by atoms with E-state index in [1.165, 1.54) is 12.0 Å². The van der Waals surface area contributed by atoms with E-state index in [9.17, 15) is 0 Å². The molecular weight excluding hydrogens is 212 g/mol. The predicted octanol–water partition coefficient (Wildman–Crippen LogP) is 2.51. The van der Waals surface area contributed by atoms with Gasteiger partial charge in [-0.15, -0.1) is 0 Å². The van der Waals surface area contributed by atoms with Crippen molar-refractivity contribution in [3.63, 3.8) is 0 Å². The molecule has 1 heterocycles. The zero-order chi connectivity index (χ0) is 12.5. The van der Waals surface area contributed by atoms with Gasteiger partial charge in [-0.25, -0.2) is 0 Å². The second-order valence-electron chi connectivity index (χ2n) is 5.69. The Labute approximate surface area is 104 Å². The zero-order valence-corrected chi connectivity index (χ0v) is 11.0. The Hall–Kier alpha value is -1.22. The van der Waals surface area contributed by atoms with E-state index in [-0.39, 0.29) is 0 Å². The maximum atomic E-state index is 6.01. The molecule has 0 radical (unpaired) electrons. The number of ether oxygens (including phenoxy) is 1. The van der Waals surface area contributed by atoms with Crippen LogP contribution in [0.5, 0.6) is 5.75 Å². The van der Waals surface area contributed by atoms with E-state index in [2.05, 4.69) is 18.7 Å². The van der Waals surface area contributed by atoms with Crippen LogP contribution in [0.3, 0.4) is 0 Å². The first-order chi connectivity index (χ1) is 8.00. The Kier molecular flexibility index (Phi) is 3.29. The molecule has 0 aliphatic carbocycles. The molecule has 2 N–H and O–H groups in total. The topological polar surface area (TPSA) is 38.5 Å². The molecule has 94 valence electrons. The molecule has 1 aromatic carbocycles. The van der Waals surface area contributed by atoms with Crippen LogP contribution in [0, 0.1) is 5.41 Å². The van der Waals surface area contributed by atoms with Gasteiger partial charge in [0.2, 0.25) is 0 Å². The number of nitrogens with two attached hydrogens (primary N) is 1. The highest BCUT2D eigenvalue weighted by Crippen LogP contribution is 2.31. The normalized spacial score (nSPS) is 19.5. The van der Waals surface area contributed by atoms with Gasteiger partial charge in [-0.3, -0.25) is 4.90 Å². The van der Waals surface area contributed by atoms with Gasteiger partial charge in [-0.05, 0) is 42.1 Å². The molecule has 2 rings (SSSR count). The summed E-state index contributed by atoms with van der Waals surface area (Å²) in [6, 6.07) is 5.88. The minimum Gasteiger partial charge on any atom is -0.497 e. The van der Waals surface area contributed by atoms with Gasteiger partial charge in [0.05, 0.1) is 7.11 Å². The van der Waals surface area contributed by atoms with Crippen molar-refractivity contribution in [3.05, 3.63) is 23.8 Å². The van der Waals surface area contributed by atoms with Gasteiger partial charge < -0.3 is 10.5 Å². The highest BCUT2D eigenvalue weighted by molar-refractivity contribution is 5.50. The number of nitrogen functional groups attached to an aromatic ring is 1. The predicted molar refractivity (Wildman–Crippen MR) is 71.1 cm³/mol. The van der Waals surface area contributed by atoms with Crippen LogP contribution in [-0.2, 0) is 6.54 Å². The zero-order valence-electron chi connectivity index (χ0n) is 11.0. The molecule has 0 saturated carbocycles. The number of likely N-dealkylation sites (tertiary alicyclic amines) is 1. The fraction of sp³-hybridized carbons (Fsp3) is 0.571. The van der Waals surface area contributed by atoms with Crippen molar-refractivity contribution in [3.8, 4) is 5.75 Å². The van der Waals surface area contributed by atoms with E-state index in [0.717, 1.165) is 31.1 Å². The number of nitrogens with zero attached hydrogens (tertiary/aromatic N) is 1. The smallest absolute Gasteiger partial charge is 0.119 e. The van der Waals surface area contributed by atoms with Crippen LogP contribution in [0.15, 0.2) is 18.2 Å². The average Bonchev–Trinajstić information content (AvgIpc) is 2.61. The van der Waals surface area contributed by atoms with Gasteiger partial charge >= 0.3 is 0 Å². The van der Waals surface area contributed by atoms with Gasteiger partial charge in [0, 0.05) is 18.8 Å². The molecule has 1 saturated heterocycles. The highest BCUT2D eigenvalue weighted by atomic mass is 16.5. The van der Waals surface area contributed by atoms with Crippen LogP contribution in [-0.4, -0.2) is 25.1 Å². The fourth-order valence-corrected chi connectivity index (χ4v) is 2.45.